The van der Waals surface area contributed by atoms with Crippen LogP contribution in [0.1, 0.15) is 6.92 Å². The highest BCUT2D eigenvalue weighted by Gasteiger charge is 2.22. The van der Waals surface area contributed by atoms with Gasteiger partial charge in [-0.3, -0.25) is 4.79 Å². The normalized spacial score (nSPS) is 15.1. The Hall–Kier alpha value is -1.43. The number of hydrogen-bond acceptors (Lipinski definition) is 4. The van der Waals surface area contributed by atoms with Gasteiger partial charge in [0.2, 0.25) is 0 Å². The predicted molar refractivity (Wildman–Crippen MR) is 48.5 cm³/mol. The van der Waals surface area contributed by atoms with Crippen LogP contribution < -0.4 is 0 Å². The summed E-state index contributed by atoms with van der Waals surface area (Å²) in [5, 5.41) is 8.74. The third-order valence-electron chi connectivity index (χ3n) is 1.68. The van der Waals surface area contributed by atoms with Gasteiger partial charge in [-0.2, -0.15) is 4.99 Å². The Kier molecular flexibility index (Phi) is 5.47. The molecule has 0 saturated heterocycles. The molecule has 0 saturated carbocycles. The lowest BCUT2D eigenvalue weighted by Gasteiger charge is -2.13. The van der Waals surface area contributed by atoms with E-state index in [9.17, 15) is 9.59 Å². The fourth-order valence-electron chi connectivity index (χ4n) is 0.726. The maximum Gasteiger partial charge on any atom is 0.432 e. The number of nitrogens with zero attached hydrogens (tertiary/aromatic N) is 1. The minimum Gasteiger partial charge on any atom is -0.481 e. The Morgan fingerprint density at radius 3 is 2.36 bits per heavy atom. The van der Waals surface area contributed by atoms with Gasteiger partial charge in [-0.15, -0.1) is 0 Å². The van der Waals surface area contributed by atoms with Gasteiger partial charge in [0.05, 0.1) is 13.2 Å². The van der Waals surface area contributed by atoms with Crippen LogP contribution in [0.25, 0.3) is 0 Å². The SMILES string of the molecule is COC(=O)N=CC(C(=O)O)[C@@H](C)OC. The van der Waals surface area contributed by atoms with Gasteiger partial charge < -0.3 is 14.6 Å². The molecule has 0 bridgehead atoms. The van der Waals surface area contributed by atoms with Gasteiger partial charge in [0.15, 0.2) is 0 Å². The number of aliphatic imine (C=N–C) groups is 1. The smallest absolute Gasteiger partial charge is 0.432 e. The Labute approximate surface area is 81.5 Å². The number of carbonyl (C=O) groups excluding carboxylic acids is 1. The van der Waals surface area contributed by atoms with Crippen molar-refractivity contribution < 1.29 is 24.2 Å². The molecule has 0 aliphatic heterocycles. The second-order valence-corrected chi connectivity index (χ2v) is 2.55. The maximum atomic E-state index is 10.7. The van der Waals surface area contributed by atoms with Crippen molar-refractivity contribution in [2.45, 2.75) is 13.0 Å². The van der Waals surface area contributed by atoms with E-state index in [4.69, 9.17) is 9.84 Å². The van der Waals surface area contributed by atoms with Crippen LogP contribution in [0.2, 0.25) is 0 Å². The van der Waals surface area contributed by atoms with E-state index in [1.807, 2.05) is 0 Å². The van der Waals surface area contributed by atoms with Crippen molar-refractivity contribution in [3.8, 4) is 0 Å². The van der Waals surface area contributed by atoms with Crippen LogP contribution in [0.15, 0.2) is 4.99 Å². The lowest BCUT2D eigenvalue weighted by atomic mass is 10.1. The minimum atomic E-state index is -1.10. The second kappa shape index (κ2) is 6.09. The van der Waals surface area contributed by atoms with E-state index in [0.29, 0.717) is 0 Å². The van der Waals surface area contributed by atoms with E-state index in [1.54, 1.807) is 6.92 Å². The van der Waals surface area contributed by atoms with Gasteiger partial charge in [0.1, 0.15) is 5.92 Å². The molecule has 0 aliphatic carbocycles. The average Bonchev–Trinajstić information content (AvgIpc) is 2.16. The highest BCUT2D eigenvalue weighted by atomic mass is 16.5. The molecule has 0 spiro atoms. The van der Waals surface area contributed by atoms with Crippen molar-refractivity contribution >= 4 is 18.3 Å². The maximum absolute atomic E-state index is 10.7. The number of methoxy groups -OCH3 is 2. The molecule has 1 amide bonds. The molecule has 1 unspecified atom stereocenters. The van der Waals surface area contributed by atoms with Crippen LogP contribution >= 0.6 is 0 Å². The van der Waals surface area contributed by atoms with E-state index in [0.717, 1.165) is 13.3 Å². The first-order chi connectivity index (χ1) is 6.52. The van der Waals surface area contributed by atoms with Gasteiger partial charge >= 0.3 is 12.1 Å². The first-order valence-corrected chi connectivity index (χ1v) is 3.90. The number of carboxylic acids is 1. The summed E-state index contributed by atoms with van der Waals surface area (Å²) in [5.74, 6) is -2.06. The van der Waals surface area contributed by atoms with E-state index < -0.39 is 24.1 Å². The zero-order valence-electron chi connectivity index (χ0n) is 8.26. The van der Waals surface area contributed by atoms with Crippen molar-refractivity contribution in [2.75, 3.05) is 14.2 Å². The number of hydrogen-bond donors (Lipinski definition) is 1. The van der Waals surface area contributed by atoms with Crippen LogP contribution in [0.3, 0.4) is 0 Å². The van der Waals surface area contributed by atoms with Crippen LogP contribution in [-0.2, 0) is 14.3 Å². The molecule has 0 rings (SSSR count). The summed E-state index contributed by atoms with van der Waals surface area (Å²) >= 11 is 0. The van der Waals surface area contributed by atoms with Gasteiger partial charge in [-0.25, -0.2) is 4.79 Å². The number of carboxylic acid groups (broad SMARTS) is 1. The van der Waals surface area contributed by atoms with Gasteiger partial charge in [0, 0.05) is 13.3 Å². The van der Waals surface area contributed by atoms with Gasteiger partial charge in [0.25, 0.3) is 0 Å². The standard InChI is InChI=1S/C8H13NO5/c1-5(13-2)6(7(10)11)4-9-8(12)14-3/h4-6H,1-3H3,(H,10,11)/t5-,6?/m1/s1. The van der Waals surface area contributed by atoms with Gasteiger partial charge in [-0.05, 0) is 6.92 Å². The quantitative estimate of drug-likeness (QED) is 0.674. The molecule has 0 aliphatic rings. The zero-order chi connectivity index (χ0) is 11.1. The number of rotatable bonds is 4. The van der Waals surface area contributed by atoms with E-state index >= 15 is 0 Å². The molecule has 6 heteroatoms. The van der Waals surface area contributed by atoms with Gasteiger partial charge in [-0.1, -0.05) is 0 Å². The molecule has 0 aromatic rings. The highest BCUT2D eigenvalue weighted by molar-refractivity contribution is 5.93. The number of ether oxygens (including phenoxy) is 2. The van der Waals surface area contributed by atoms with Crippen LogP contribution in [0.4, 0.5) is 4.79 Å². The summed E-state index contributed by atoms with van der Waals surface area (Å²) in [7, 11) is 2.54. The topological polar surface area (TPSA) is 85.2 Å². The number of aliphatic carboxylic acids is 1. The van der Waals surface area contributed by atoms with Crippen LogP contribution in [0.5, 0.6) is 0 Å². The largest absolute Gasteiger partial charge is 0.481 e. The van der Waals surface area contributed by atoms with Crippen LogP contribution in [-0.4, -0.2) is 43.7 Å². The number of carbonyl (C=O) groups is 2. The Bertz CT molecular complexity index is 238. The summed E-state index contributed by atoms with van der Waals surface area (Å²) in [4.78, 5) is 24.6. The van der Waals surface area contributed by atoms with Crippen molar-refractivity contribution in [1.29, 1.82) is 0 Å². The molecule has 0 heterocycles. The molecule has 0 aromatic heterocycles. The minimum absolute atomic E-state index is 0.555. The van der Waals surface area contributed by atoms with Crippen molar-refractivity contribution in [2.24, 2.45) is 10.9 Å². The Balaban J connectivity index is 4.45. The molecule has 14 heavy (non-hydrogen) atoms. The molecule has 0 fully saturated rings. The number of amides is 1. The molecule has 0 radical (unpaired) electrons. The Morgan fingerprint density at radius 2 is 2.00 bits per heavy atom. The zero-order valence-corrected chi connectivity index (χ0v) is 8.26. The molecular formula is C8H13NO5. The lowest BCUT2D eigenvalue weighted by molar-refractivity contribution is -0.142. The summed E-state index contributed by atoms with van der Waals surface area (Å²) < 4.78 is 9.04. The van der Waals surface area contributed by atoms with Crippen molar-refractivity contribution in [1.82, 2.24) is 0 Å². The summed E-state index contributed by atoms with van der Waals surface area (Å²) in [5.41, 5.74) is 0. The second-order valence-electron chi connectivity index (χ2n) is 2.55. The monoisotopic (exact) mass is 203 g/mol. The summed E-state index contributed by atoms with van der Waals surface area (Å²) in [6.07, 6.45) is -0.386. The third kappa shape index (κ3) is 3.99. The molecule has 80 valence electrons. The fourth-order valence-corrected chi connectivity index (χ4v) is 0.726. The predicted octanol–water partition coefficient (Wildman–Crippen LogP) is 0.559. The van der Waals surface area contributed by atoms with E-state index in [-0.39, 0.29) is 0 Å². The first-order valence-electron chi connectivity index (χ1n) is 3.90. The highest BCUT2D eigenvalue weighted by Crippen LogP contribution is 2.04. The van der Waals surface area contributed by atoms with Crippen LogP contribution in [0, 0.1) is 5.92 Å². The summed E-state index contributed by atoms with van der Waals surface area (Å²) in [6, 6.07) is 0. The molecular weight excluding hydrogens is 190 g/mol. The lowest BCUT2D eigenvalue weighted by Crippen LogP contribution is -2.28. The fraction of sp³-hybridized carbons (Fsp3) is 0.625. The van der Waals surface area contributed by atoms with Crippen molar-refractivity contribution in [3.05, 3.63) is 0 Å². The molecule has 6 nitrogen and oxygen atoms in total. The molecule has 0 aromatic carbocycles. The van der Waals surface area contributed by atoms with E-state index in [2.05, 4.69) is 9.73 Å². The Morgan fingerprint density at radius 1 is 1.43 bits per heavy atom. The average molecular weight is 203 g/mol. The molecule has 2 atom stereocenters. The third-order valence-corrected chi connectivity index (χ3v) is 1.68. The molecule has 1 N–H and O–H groups in total. The van der Waals surface area contributed by atoms with E-state index in [1.165, 1.54) is 7.11 Å². The first kappa shape index (κ1) is 12.6. The van der Waals surface area contributed by atoms with Crippen molar-refractivity contribution in [3.63, 3.8) is 0 Å². The summed E-state index contributed by atoms with van der Waals surface area (Å²) in [6.45, 7) is 1.57.